The third-order valence-corrected chi connectivity index (χ3v) is 3.40. The number of hydrogen-bond donors (Lipinski definition) is 2. The Bertz CT molecular complexity index is 434. The third-order valence-electron chi connectivity index (χ3n) is 2.60. The van der Waals surface area contributed by atoms with E-state index in [-0.39, 0.29) is 19.0 Å². The van der Waals surface area contributed by atoms with Crippen molar-refractivity contribution >= 4 is 23.3 Å². The molecule has 1 aromatic heterocycles. The van der Waals surface area contributed by atoms with E-state index in [0.29, 0.717) is 0 Å². The van der Waals surface area contributed by atoms with E-state index in [4.69, 9.17) is 0 Å². The van der Waals surface area contributed by atoms with Gasteiger partial charge in [0.2, 0.25) is 5.91 Å². The van der Waals surface area contributed by atoms with Gasteiger partial charge in [-0.3, -0.25) is 4.79 Å². The number of rotatable bonds is 2. The molecule has 6 heteroatoms. The highest BCUT2D eigenvalue weighted by Gasteiger charge is 2.31. The topological polar surface area (TPSA) is 73.7 Å². The SMILES string of the molecule is Cc1nc(/C=C/C(=O)N2CC(O)C(O)C2)cs1. The van der Waals surface area contributed by atoms with Crippen LogP contribution in [-0.4, -0.2) is 51.3 Å². The van der Waals surface area contributed by atoms with Crippen LogP contribution in [0.15, 0.2) is 11.5 Å². The van der Waals surface area contributed by atoms with E-state index in [1.807, 2.05) is 12.3 Å². The first-order chi connectivity index (χ1) is 8.06. The first kappa shape index (κ1) is 12.2. The van der Waals surface area contributed by atoms with E-state index in [1.54, 1.807) is 6.08 Å². The molecule has 1 amide bonds. The molecule has 0 saturated carbocycles. The summed E-state index contributed by atoms with van der Waals surface area (Å²) in [6.45, 7) is 2.26. The molecule has 0 aromatic carbocycles. The van der Waals surface area contributed by atoms with Gasteiger partial charge in [-0.2, -0.15) is 0 Å². The van der Waals surface area contributed by atoms with E-state index in [1.165, 1.54) is 22.3 Å². The maximum atomic E-state index is 11.7. The van der Waals surface area contributed by atoms with Crippen LogP contribution in [0.5, 0.6) is 0 Å². The van der Waals surface area contributed by atoms with Crippen LogP contribution in [0.2, 0.25) is 0 Å². The molecule has 1 aliphatic heterocycles. The smallest absolute Gasteiger partial charge is 0.246 e. The minimum atomic E-state index is -0.839. The second-order valence-corrected chi connectivity index (χ2v) is 5.06. The summed E-state index contributed by atoms with van der Waals surface area (Å²) in [6.07, 6.45) is 1.38. The van der Waals surface area contributed by atoms with E-state index < -0.39 is 12.2 Å². The van der Waals surface area contributed by atoms with Crippen molar-refractivity contribution in [2.75, 3.05) is 13.1 Å². The first-order valence-electron chi connectivity index (χ1n) is 5.31. The number of likely N-dealkylation sites (tertiary alicyclic amines) is 1. The van der Waals surface area contributed by atoms with Gasteiger partial charge >= 0.3 is 0 Å². The zero-order valence-electron chi connectivity index (χ0n) is 9.41. The van der Waals surface area contributed by atoms with Crippen molar-refractivity contribution in [3.63, 3.8) is 0 Å². The van der Waals surface area contributed by atoms with Crippen LogP contribution >= 0.6 is 11.3 Å². The lowest BCUT2D eigenvalue weighted by molar-refractivity contribution is -0.125. The number of aliphatic hydroxyl groups excluding tert-OH is 2. The molecule has 0 radical (unpaired) electrons. The van der Waals surface area contributed by atoms with Crippen LogP contribution in [0.25, 0.3) is 6.08 Å². The molecule has 1 fully saturated rings. The molecule has 1 aromatic rings. The fraction of sp³-hybridized carbons (Fsp3) is 0.455. The summed E-state index contributed by atoms with van der Waals surface area (Å²) in [4.78, 5) is 17.3. The molecule has 2 unspecified atom stereocenters. The molecule has 5 nitrogen and oxygen atoms in total. The molecule has 0 aliphatic carbocycles. The Hall–Kier alpha value is -1.24. The zero-order valence-corrected chi connectivity index (χ0v) is 10.2. The van der Waals surface area contributed by atoms with Crippen molar-refractivity contribution in [1.29, 1.82) is 0 Å². The Morgan fingerprint density at radius 2 is 2.18 bits per heavy atom. The second-order valence-electron chi connectivity index (χ2n) is 4.00. The largest absolute Gasteiger partial charge is 0.388 e. The lowest BCUT2D eigenvalue weighted by Gasteiger charge is -2.11. The van der Waals surface area contributed by atoms with Crippen molar-refractivity contribution in [2.45, 2.75) is 19.1 Å². The van der Waals surface area contributed by atoms with Crippen LogP contribution in [0.4, 0.5) is 0 Å². The normalized spacial score (nSPS) is 24.8. The van der Waals surface area contributed by atoms with Gasteiger partial charge in [0.05, 0.1) is 22.9 Å². The number of aromatic nitrogens is 1. The van der Waals surface area contributed by atoms with Crippen molar-refractivity contribution in [2.24, 2.45) is 0 Å². The standard InChI is InChI=1S/C11H14N2O3S/c1-7-12-8(6-17-7)2-3-11(16)13-4-9(14)10(15)5-13/h2-3,6,9-10,14-15H,4-5H2,1H3/b3-2+. The van der Waals surface area contributed by atoms with Gasteiger partial charge in [-0.05, 0) is 13.0 Å². The Morgan fingerprint density at radius 1 is 1.53 bits per heavy atom. The van der Waals surface area contributed by atoms with E-state index >= 15 is 0 Å². The van der Waals surface area contributed by atoms with Crippen molar-refractivity contribution < 1.29 is 15.0 Å². The monoisotopic (exact) mass is 254 g/mol. The molecular weight excluding hydrogens is 240 g/mol. The van der Waals surface area contributed by atoms with Gasteiger partial charge in [0.15, 0.2) is 0 Å². The van der Waals surface area contributed by atoms with Gasteiger partial charge < -0.3 is 15.1 Å². The number of β-amino-alcohol motifs (C(OH)–C–C–N with tert-alkyl or cyclic N) is 2. The fourth-order valence-corrected chi connectivity index (χ4v) is 2.25. The predicted molar refractivity (Wildman–Crippen MR) is 64.5 cm³/mol. The van der Waals surface area contributed by atoms with Crippen molar-refractivity contribution in [1.82, 2.24) is 9.88 Å². The number of amides is 1. The average Bonchev–Trinajstić information content (AvgIpc) is 2.83. The minimum absolute atomic E-state index is 0.181. The number of aliphatic hydroxyl groups is 2. The van der Waals surface area contributed by atoms with E-state index in [9.17, 15) is 15.0 Å². The molecule has 2 N–H and O–H groups in total. The summed E-state index contributed by atoms with van der Waals surface area (Å²) in [5, 5.41) is 21.5. The molecule has 92 valence electrons. The van der Waals surface area contributed by atoms with Crippen LogP contribution in [0.3, 0.4) is 0 Å². The number of aryl methyl sites for hydroxylation is 1. The summed E-state index contributed by atoms with van der Waals surface area (Å²) in [5.74, 6) is -0.216. The van der Waals surface area contributed by atoms with Crippen LogP contribution in [-0.2, 0) is 4.79 Å². The molecule has 1 aliphatic rings. The predicted octanol–water partition coefficient (Wildman–Crippen LogP) is 0.0287. The number of thiazole rings is 1. The lowest BCUT2D eigenvalue weighted by atomic mass is 10.3. The van der Waals surface area contributed by atoms with Gasteiger partial charge in [-0.25, -0.2) is 4.98 Å². The summed E-state index contributed by atoms with van der Waals surface area (Å²) >= 11 is 1.52. The molecular formula is C11H14N2O3S. The van der Waals surface area contributed by atoms with E-state index in [0.717, 1.165) is 10.7 Å². The van der Waals surface area contributed by atoms with Crippen LogP contribution in [0, 0.1) is 6.92 Å². The summed E-state index contributed by atoms with van der Waals surface area (Å²) in [6, 6.07) is 0. The number of carbonyl (C=O) groups excluding carboxylic acids is 1. The molecule has 0 spiro atoms. The van der Waals surface area contributed by atoms with Gasteiger partial charge in [-0.1, -0.05) is 0 Å². The second kappa shape index (κ2) is 4.95. The Kier molecular flexibility index (Phi) is 3.56. The maximum absolute atomic E-state index is 11.7. The van der Waals surface area contributed by atoms with Gasteiger partial charge in [0.25, 0.3) is 0 Å². The highest BCUT2D eigenvalue weighted by Crippen LogP contribution is 2.12. The van der Waals surface area contributed by atoms with Gasteiger partial charge in [0, 0.05) is 24.5 Å². The lowest BCUT2D eigenvalue weighted by Crippen LogP contribution is -2.27. The van der Waals surface area contributed by atoms with E-state index in [2.05, 4.69) is 4.98 Å². The molecule has 2 heterocycles. The summed E-state index contributed by atoms with van der Waals surface area (Å²) in [5.41, 5.74) is 0.751. The minimum Gasteiger partial charge on any atom is -0.388 e. The Labute approximate surface area is 103 Å². The molecule has 2 atom stereocenters. The summed E-state index contributed by atoms with van der Waals surface area (Å²) in [7, 11) is 0. The van der Waals surface area contributed by atoms with Gasteiger partial charge in [-0.15, -0.1) is 11.3 Å². The highest BCUT2D eigenvalue weighted by atomic mass is 32.1. The molecule has 2 rings (SSSR count). The van der Waals surface area contributed by atoms with Crippen molar-refractivity contribution in [3.8, 4) is 0 Å². The van der Waals surface area contributed by atoms with Crippen molar-refractivity contribution in [3.05, 3.63) is 22.2 Å². The summed E-state index contributed by atoms with van der Waals surface area (Å²) < 4.78 is 0. The van der Waals surface area contributed by atoms with Crippen LogP contribution in [0.1, 0.15) is 10.7 Å². The zero-order chi connectivity index (χ0) is 12.4. The third kappa shape index (κ3) is 2.91. The molecule has 17 heavy (non-hydrogen) atoms. The average molecular weight is 254 g/mol. The fourth-order valence-electron chi connectivity index (χ4n) is 1.67. The Morgan fingerprint density at radius 3 is 2.71 bits per heavy atom. The number of nitrogens with zero attached hydrogens (tertiary/aromatic N) is 2. The first-order valence-corrected chi connectivity index (χ1v) is 6.19. The van der Waals surface area contributed by atoms with Gasteiger partial charge in [0.1, 0.15) is 0 Å². The maximum Gasteiger partial charge on any atom is 0.246 e. The van der Waals surface area contributed by atoms with Crippen LogP contribution < -0.4 is 0 Å². The molecule has 0 bridgehead atoms. The molecule has 1 saturated heterocycles. The number of carbonyl (C=O) groups is 1. The highest BCUT2D eigenvalue weighted by molar-refractivity contribution is 7.09. The number of hydrogen-bond acceptors (Lipinski definition) is 5. The Balaban J connectivity index is 1.96. The quantitative estimate of drug-likeness (QED) is 0.730.